The Morgan fingerprint density at radius 2 is 1.86 bits per heavy atom. The molecule has 0 atom stereocenters. The summed E-state index contributed by atoms with van der Waals surface area (Å²) in [5, 5.41) is 2.91. The summed E-state index contributed by atoms with van der Waals surface area (Å²) in [5.74, 6) is -0.204. The van der Waals surface area contributed by atoms with Gasteiger partial charge in [-0.15, -0.1) is 0 Å². The van der Waals surface area contributed by atoms with Crippen molar-refractivity contribution in [3.8, 4) is 0 Å². The predicted octanol–water partition coefficient (Wildman–Crippen LogP) is 4.61. The van der Waals surface area contributed by atoms with Crippen LogP contribution in [0.4, 0.5) is 11.4 Å². The first-order valence-electron chi connectivity index (χ1n) is 9.17. The van der Waals surface area contributed by atoms with Gasteiger partial charge in [0.05, 0.1) is 11.3 Å². The average Bonchev–Trinajstić information content (AvgIpc) is 3.56. The molecule has 2 aliphatic rings. The van der Waals surface area contributed by atoms with E-state index >= 15 is 0 Å². The average molecular weight is 387 g/mol. The summed E-state index contributed by atoms with van der Waals surface area (Å²) >= 11 is 1.56. The number of rotatable bonds is 3. The molecule has 5 rings (SSSR count). The van der Waals surface area contributed by atoms with E-state index in [2.05, 4.69) is 10.3 Å². The molecule has 1 saturated carbocycles. The van der Waals surface area contributed by atoms with Crippen LogP contribution in [0.15, 0.2) is 76.7 Å². The Morgan fingerprint density at radius 1 is 1.04 bits per heavy atom. The fourth-order valence-corrected chi connectivity index (χ4v) is 4.46. The normalized spacial score (nSPS) is 15.4. The molecule has 1 N–H and O–H groups in total. The molecule has 1 aliphatic carbocycles. The van der Waals surface area contributed by atoms with Crippen LogP contribution in [0.2, 0.25) is 0 Å². The molecule has 2 amide bonds. The number of carbonyl (C=O) groups excluding carboxylic acids is 2. The van der Waals surface area contributed by atoms with Crippen LogP contribution < -0.4 is 10.2 Å². The number of hydrogen-bond acceptors (Lipinski definition) is 4. The predicted molar refractivity (Wildman–Crippen MR) is 109 cm³/mol. The standard InChI is InChI=1S/C22H17N3O2S/c26-21(17-6-3-4-12-23-17)24-14-8-11-18-20(13-14)28-19-7-2-1-5-16(19)22(27)25(18)15-9-10-15/h1-8,11-13,15H,9-10H2,(H,24,26). The Hall–Kier alpha value is -3.12. The van der Waals surface area contributed by atoms with Crippen LogP contribution in [0, 0.1) is 0 Å². The van der Waals surface area contributed by atoms with Crippen LogP contribution in [0.1, 0.15) is 33.7 Å². The number of nitrogens with zero attached hydrogens (tertiary/aromatic N) is 2. The van der Waals surface area contributed by atoms with Crippen LogP contribution in [0.25, 0.3) is 0 Å². The summed E-state index contributed by atoms with van der Waals surface area (Å²) in [4.78, 5) is 33.5. The Labute approximate surface area is 166 Å². The van der Waals surface area contributed by atoms with Gasteiger partial charge in [-0.05, 0) is 55.3 Å². The molecule has 0 saturated heterocycles. The lowest BCUT2D eigenvalue weighted by atomic mass is 10.1. The maximum atomic E-state index is 13.2. The first-order chi connectivity index (χ1) is 13.7. The number of fused-ring (bicyclic) bond motifs is 2. The molecule has 28 heavy (non-hydrogen) atoms. The van der Waals surface area contributed by atoms with Gasteiger partial charge in [0.2, 0.25) is 0 Å². The largest absolute Gasteiger partial charge is 0.321 e. The molecule has 0 radical (unpaired) electrons. The highest BCUT2D eigenvalue weighted by Crippen LogP contribution is 2.46. The molecule has 5 nitrogen and oxygen atoms in total. The summed E-state index contributed by atoms with van der Waals surface area (Å²) in [7, 11) is 0. The van der Waals surface area contributed by atoms with Crippen molar-refractivity contribution in [3.05, 3.63) is 78.1 Å². The van der Waals surface area contributed by atoms with Gasteiger partial charge in [0.25, 0.3) is 11.8 Å². The minimum atomic E-state index is -0.255. The van der Waals surface area contributed by atoms with Crippen LogP contribution in [-0.2, 0) is 0 Å². The summed E-state index contributed by atoms with van der Waals surface area (Å²) in [6.07, 6.45) is 3.64. The van der Waals surface area contributed by atoms with E-state index < -0.39 is 0 Å². The molecule has 1 aliphatic heterocycles. The van der Waals surface area contributed by atoms with E-state index in [1.165, 1.54) is 0 Å². The summed E-state index contributed by atoms with van der Waals surface area (Å²) in [5.41, 5.74) is 2.69. The topological polar surface area (TPSA) is 62.3 Å². The van der Waals surface area contributed by atoms with E-state index in [0.717, 1.165) is 33.9 Å². The van der Waals surface area contributed by atoms with Crippen molar-refractivity contribution in [1.29, 1.82) is 0 Å². The van der Waals surface area contributed by atoms with E-state index in [4.69, 9.17) is 0 Å². The van der Waals surface area contributed by atoms with Crippen LogP contribution in [0.5, 0.6) is 0 Å². The number of aromatic nitrogens is 1. The van der Waals surface area contributed by atoms with Gasteiger partial charge in [-0.2, -0.15) is 0 Å². The van der Waals surface area contributed by atoms with E-state index in [0.29, 0.717) is 11.4 Å². The maximum Gasteiger partial charge on any atom is 0.274 e. The molecule has 1 fully saturated rings. The quantitative estimate of drug-likeness (QED) is 0.713. The van der Waals surface area contributed by atoms with E-state index in [1.807, 2.05) is 47.4 Å². The van der Waals surface area contributed by atoms with Gasteiger partial charge in [-0.1, -0.05) is 30.0 Å². The lowest BCUT2D eigenvalue weighted by molar-refractivity contribution is 0.0980. The van der Waals surface area contributed by atoms with Gasteiger partial charge in [-0.25, -0.2) is 0 Å². The van der Waals surface area contributed by atoms with Crippen LogP contribution in [0.3, 0.4) is 0 Å². The van der Waals surface area contributed by atoms with E-state index in [1.54, 1.807) is 36.2 Å². The fraction of sp³-hybridized carbons (Fsp3) is 0.136. The molecule has 0 bridgehead atoms. The monoisotopic (exact) mass is 387 g/mol. The Kier molecular flexibility index (Phi) is 4.13. The summed E-state index contributed by atoms with van der Waals surface area (Å²) < 4.78 is 0. The third kappa shape index (κ3) is 3.05. The second kappa shape index (κ2) is 6.80. The first-order valence-corrected chi connectivity index (χ1v) is 9.99. The van der Waals surface area contributed by atoms with Gasteiger partial charge in [0.15, 0.2) is 0 Å². The van der Waals surface area contributed by atoms with E-state index in [9.17, 15) is 9.59 Å². The lowest BCUT2D eigenvalue weighted by Crippen LogP contribution is -2.32. The Balaban J connectivity index is 1.52. The number of nitrogens with one attached hydrogen (secondary N) is 1. The second-order valence-electron chi connectivity index (χ2n) is 6.86. The maximum absolute atomic E-state index is 13.2. The van der Waals surface area contributed by atoms with Gasteiger partial charge < -0.3 is 10.2 Å². The third-order valence-corrected chi connectivity index (χ3v) is 5.97. The number of amides is 2. The fourth-order valence-electron chi connectivity index (χ4n) is 3.35. The highest BCUT2D eigenvalue weighted by Gasteiger charge is 2.38. The van der Waals surface area contributed by atoms with Crippen molar-refractivity contribution in [3.63, 3.8) is 0 Å². The number of anilines is 2. The molecule has 2 heterocycles. The second-order valence-corrected chi connectivity index (χ2v) is 7.94. The molecule has 0 spiro atoms. The lowest BCUT2D eigenvalue weighted by Gasteiger charge is -2.23. The molecule has 6 heteroatoms. The Bertz CT molecular complexity index is 1080. The van der Waals surface area contributed by atoms with E-state index in [-0.39, 0.29) is 17.9 Å². The summed E-state index contributed by atoms with van der Waals surface area (Å²) in [6, 6.07) is 18.9. The molecule has 138 valence electrons. The first kappa shape index (κ1) is 17.0. The zero-order valence-electron chi connectivity index (χ0n) is 15.0. The number of hydrogen-bond donors (Lipinski definition) is 1. The highest BCUT2D eigenvalue weighted by atomic mass is 32.2. The summed E-state index contributed by atoms with van der Waals surface area (Å²) in [6.45, 7) is 0. The molecule has 0 unspecified atom stereocenters. The van der Waals surface area contributed by atoms with Crippen molar-refractivity contribution in [1.82, 2.24) is 4.98 Å². The molecular weight excluding hydrogens is 370 g/mol. The van der Waals surface area contributed by atoms with Crippen molar-refractivity contribution in [2.24, 2.45) is 0 Å². The van der Waals surface area contributed by atoms with Crippen molar-refractivity contribution >= 4 is 35.0 Å². The Morgan fingerprint density at radius 3 is 2.64 bits per heavy atom. The van der Waals surface area contributed by atoms with Crippen molar-refractivity contribution < 1.29 is 9.59 Å². The zero-order chi connectivity index (χ0) is 19.1. The van der Waals surface area contributed by atoms with Crippen molar-refractivity contribution in [2.45, 2.75) is 28.7 Å². The molecule has 2 aromatic carbocycles. The third-order valence-electron chi connectivity index (χ3n) is 4.84. The van der Waals surface area contributed by atoms with Crippen LogP contribution >= 0.6 is 11.8 Å². The SMILES string of the molecule is O=C(Nc1ccc2c(c1)Sc1ccccc1C(=O)N2C1CC1)c1ccccn1. The number of carbonyl (C=O) groups is 2. The number of benzene rings is 2. The zero-order valence-corrected chi connectivity index (χ0v) is 15.8. The smallest absolute Gasteiger partial charge is 0.274 e. The van der Waals surface area contributed by atoms with Gasteiger partial charge in [-0.3, -0.25) is 14.6 Å². The van der Waals surface area contributed by atoms with Gasteiger partial charge in [0.1, 0.15) is 5.69 Å². The number of pyridine rings is 1. The highest BCUT2D eigenvalue weighted by molar-refractivity contribution is 7.99. The van der Waals surface area contributed by atoms with Crippen LogP contribution in [-0.4, -0.2) is 22.8 Å². The van der Waals surface area contributed by atoms with Gasteiger partial charge in [0, 0.05) is 27.7 Å². The molecule has 3 aromatic rings. The minimum Gasteiger partial charge on any atom is -0.321 e. The molecular formula is C22H17N3O2S. The molecule has 1 aromatic heterocycles. The van der Waals surface area contributed by atoms with Crippen molar-refractivity contribution in [2.75, 3.05) is 10.2 Å². The van der Waals surface area contributed by atoms with Gasteiger partial charge >= 0.3 is 0 Å². The minimum absolute atomic E-state index is 0.0506.